The summed E-state index contributed by atoms with van der Waals surface area (Å²) in [5.41, 5.74) is 0. The minimum Gasteiger partial charge on any atom is -0.462 e. The maximum atomic E-state index is 13.1. The van der Waals surface area contributed by atoms with Gasteiger partial charge in [-0.15, -0.1) is 0 Å². The van der Waals surface area contributed by atoms with Gasteiger partial charge in [-0.1, -0.05) is 277 Å². The minimum absolute atomic E-state index is 0.0644. The number of esters is 4. The van der Waals surface area contributed by atoms with Gasteiger partial charge in [-0.25, -0.2) is 9.13 Å². The minimum atomic E-state index is -5.00. The van der Waals surface area contributed by atoms with Crippen molar-refractivity contribution in [3.8, 4) is 0 Å². The van der Waals surface area contributed by atoms with Crippen LogP contribution in [0.25, 0.3) is 0 Å². The number of aliphatic hydroxyl groups excluding tert-OH is 1. The number of aliphatic hydroxyl groups is 1. The fraction of sp³-hybridized carbons (Fsp3) is 0.671. The molecule has 0 bridgehead atoms. The number of hydrogen-bond donors (Lipinski definition) is 3. The predicted octanol–water partition coefficient (Wildman–Crippen LogP) is 21.3. The molecule has 0 heterocycles. The highest BCUT2D eigenvalue weighted by atomic mass is 31.2. The van der Waals surface area contributed by atoms with E-state index < -0.39 is 97.5 Å². The van der Waals surface area contributed by atoms with E-state index in [-0.39, 0.29) is 25.7 Å². The second-order valence-electron chi connectivity index (χ2n) is 24.5. The predicted molar refractivity (Wildman–Crippen MR) is 399 cm³/mol. The lowest BCUT2D eigenvalue weighted by Crippen LogP contribution is -2.30. The first-order valence-electron chi connectivity index (χ1n) is 37.4. The molecule has 0 aliphatic rings. The van der Waals surface area contributed by atoms with Crippen molar-refractivity contribution in [1.29, 1.82) is 0 Å². The standard InChI is InChI=1S/C79H132O17P2/c1-5-9-13-17-21-25-29-33-36-40-43-47-51-55-59-63-76(81)89-69-74(95-78(83)65-61-57-53-49-45-39-32-28-24-20-16-12-8-4)71-93-97(85,86)91-67-73(80)68-92-98(87,88)94-72-75(96-79(84)66-62-58-54-50-46-42-38-35-31-27-23-19-15-11-7-3)70-90-77(82)64-60-56-52-48-44-41-37-34-30-26-22-18-14-10-6-2/h9-10,13-14,16,20-22,25-26,28,32-34,36-37,43-44,47-48,56,60,73-75,80H,5-8,11-12,15,17-19,23-24,27,29-31,35,38-42,45-46,49-55,57-59,61-72H2,1-4H3,(H,85,86)(H,87,88)/b13-9-,14-10-,20-16-,25-21-,26-22-,32-28-,36-33-,37-34-,47-43-,48-44-,60-56-. The first kappa shape index (κ1) is 93.2. The quantitative estimate of drug-likeness (QED) is 0.0169. The summed E-state index contributed by atoms with van der Waals surface area (Å²) >= 11 is 0. The topological polar surface area (TPSA) is 237 Å². The molecule has 0 saturated heterocycles. The molecule has 0 rings (SSSR count). The van der Waals surface area contributed by atoms with Crippen LogP contribution >= 0.6 is 15.6 Å². The molecular formula is C79H132O17P2. The van der Waals surface area contributed by atoms with Gasteiger partial charge in [-0.05, 0) is 116 Å². The molecule has 0 aliphatic heterocycles. The van der Waals surface area contributed by atoms with E-state index >= 15 is 0 Å². The van der Waals surface area contributed by atoms with E-state index in [2.05, 4.69) is 137 Å². The van der Waals surface area contributed by atoms with Gasteiger partial charge in [0.1, 0.15) is 19.3 Å². The molecule has 0 spiro atoms. The van der Waals surface area contributed by atoms with Crippen molar-refractivity contribution in [2.45, 2.75) is 303 Å². The fourth-order valence-electron chi connectivity index (χ4n) is 9.50. The van der Waals surface area contributed by atoms with Gasteiger partial charge in [0, 0.05) is 19.3 Å². The summed E-state index contributed by atoms with van der Waals surface area (Å²) in [7, 11) is -9.99. The zero-order valence-corrected chi connectivity index (χ0v) is 62.7. The molecule has 0 aliphatic carbocycles. The molecule has 0 aromatic carbocycles. The molecular weight excluding hydrogens is 1280 g/mol. The second kappa shape index (κ2) is 70.6. The maximum Gasteiger partial charge on any atom is 0.472 e. The van der Waals surface area contributed by atoms with Gasteiger partial charge >= 0.3 is 39.5 Å². The van der Waals surface area contributed by atoms with Crippen LogP contribution in [0.5, 0.6) is 0 Å². The first-order chi connectivity index (χ1) is 47.7. The molecule has 19 heteroatoms. The van der Waals surface area contributed by atoms with E-state index in [1.54, 1.807) is 6.08 Å². The van der Waals surface area contributed by atoms with E-state index in [1.165, 1.54) is 64.2 Å². The molecule has 0 saturated carbocycles. The molecule has 0 radical (unpaired) electrons. The summed E-state index contributed by atoms with van der Waals surface area (Å²) in [6.45, 7) is 4.40. The number of phosphoric ester groups is 2. The summed E-state index contributed by atoms with van der Waals surface area (Å²) in [4.78, 5) is 72.7. The Balaban J connectivity index is 5.45. The van der Waals surface area contributed by atoms with E-state index in [0.717, 1.165) is 141 Å². The van der Waals surface area contributed by atoms with Crippen molar-refractivity contribution in [1.82, 2.24) is 0 Å². The number of ether oxygens (including phenoxy) is 4. The molecule has 560 valence electrons. The summed E-state index contributed by atoms with van der Waals surface area (Å²) < 4.78 is 68.2. The zero-order valence-electron chi connectivity index (χ0n) is 60.9. The van der Waals surface area contributed by atoms with Gasteiger partial charge in [-0.3, -0.25) is 37.3 Å². The Labute approximate surface area is 593 Å². The van der Waals surface area contributed by atoms with Crippen LogP contribution in [0.4, 0.5) is 0 Å². The highest BCUT2D eigenvalue weighted by Crippen LogP contribution is 2.45. The van der Waals surface area contributed by atoms with Crippen LogP contribution in [0.2, 0.25) is 0 Å². The lowest BCUT2D eigenvalue weighted by Gasteiger charge is -2.21. The fourth-order valence-corrected chi connectivity index (χ4v) is 11.1. The number of allylic oxidation sites excluding steroid dienone is 21. The molecule has 5 atom stereocenters. The average Bonchev–Trinajstić information content (AvgIpc) is 1.04. The normalized spacial score (nSPS) is 14.7. The Morgan fingerprint density at radius 1 is 0.306 bits per heavy atom. The summed E-state index contributed by atoms with van der Waals surface area (Å²) in [6, 6.07) is 0. The number of carbonyl (C=O) groups excluding carboxylic acids is 4. The van der Waals surface area contributed by atoms with Crippen LogP contribution in [-0.4, -0.2) is 96.7 Å². The van der Waals surface area contributed by atoms with Crippen molar-refractivity contribution in [2.75, 3.05) is 39.6 Å². The van der Waals surface area contributed by atoms with Gasteiger partial charge in [0.2, 0.25) is 0 Å². The van der Waals surface area contributed by atoms with Crippen LogP contribution in [0.1, 0.15) is 285 Å². The van der Waals surface area contributed by atoms with Crippen LogP contribution < -0.4 is 0 Å². The molecule has 0 aromatic heterocycles. The molecule has 3 N–H and O–H groups in total. The molecule has 0 amide bonds. The van der Waals surface area contributed by atoms with E-state index in [1.807, 2.05) is 18.2 Å². The van der Waals surface area contributed by atoms with Crippen LogP contribution in [0.3, 0.4) is 0 Å². The van der Waals surface area contributed by atoms with Gasteiger partial charge in [0.25, 0.3) is 0 Å². The van der Waals surface area contributed by atoms with Crippen molar-refractivity contribution >= 4 is 39.5 Å². The highest BCUT2D eigenvalue weighted by Gasteiger charge is 2.30. The summed E-state index contributed by atoms with van der Waals surface area (Å²) in [5, 5.41) is 10.6. The summed E-state index contributed by atoms with van der Waals surface area (Å²) in [6.07, 6.45) is 77.7. The van der Waals surface area contributed by atoms with Crippen LogP contribution in [-0.2, 0) is 65.4 Å². The Hall–Kier alpha value is -4.80. The van der Waals surface area contributed by atoms with Gasteiger partial charge in [0.15, 0.2) is 12.2 Å². The van der Waals surface area contributed by atoms with Crippen molar-refractivity contribution in [2.24, 2.45) is 0 Å². The Kier molecular flexibility index (Phi) is 67.2. The Morgan fingerprint density at radius 3 is 0.969 bits per heavy atom. The molecule has 0 aromatic rings. The number of carbonyl (C=O) groups is 4. The number of unbranched alkanes of at least 4 members (excludes halogenated alkanes) is 22. The van der Waals surface area contributed by atoms with Gasteiger partial charge in [0.05, 0.1) is 32.8 Å². The Bertz CT molecular complexity index is 2380. The lowest BCUT2D eigenvalue weighted by atomic mass is 10.0. The van der Waals surface area contributed by atoms with Crippen molar-refractivity contribution in [3.63, 3.8) is 0 Å². The van der Waals surface area contributed by atoms with E-state index in [9.17, 15) is 43.2 Å². The van der Waals surface area contributed by atoms with Gasteiger partial charge < -0.3 is 33.8 Å². The third-order valence-electron chi connectivity index (χ3n) is 15.1. The third-order valence-corrected chi connectivity index (χ3v) is 17.0. The number of hydrogen-bond acceptors (Lipinski definition) is 15. The molecule has 0 fully saturated rings. The van der Waals surface area contributed by atoms with E-state index in [0.29, 0.717) is 25.7 Å². The third kappa shape index (κ3) is 69.7. The monoisotopic (exact) mass is 1410 g/mol. The maximum absolute atomic E-state index is 13.1. The van der Waals surface area contributed by atoms with Crippen LogP contribution in [0, 0.1) is 0 Å². The Morgan fingerprint density at radius 2 is 0.592 bits per heavy atom. The molecule has 5 unspecified atom stereocenters. The second-order valence-corrected chi connectivity index (χ2v) is 27.4. The van der Waals surface area contributed by atoms with E-state index in [4.69, 9.17) is 37.0 Å². The van der Waals surface area contributed by atoms with Crippen LogP contribution in [0.15, 0.2) is 134 Å². The molecule has 17 nitrogen and oxygen atoms in total. The smallest absolute Gasteiger partial charge is 0.462 e. The first-order valence-corrected chi connectivity index (χ1v) is 40.4. The largest absolute Gasteiger partial charge is 0.472 e. The van der Waals surface area contributed by atoms with Gasteiger partial charge in [-0.2, -0.15) is 0 Å². The zero-order chi connectivity index (χ0) is 71.8. The van der Waals surface area contributed by atoms with Crippen molar-refractivity contribution < 1.29 is 80.2 Å². The summed E-state index contributed by atoms with van der Waals surface area (Å²) in [5.74, 6) is -2.39. The number of rotatable bonds is 69. The number of phosphoric acid groups is 2. The average molecular weight is 1420 g/mol. The molecule has 98 heavy (non-hydrogen) atoms. The lowest BCUT2D eigenvalue weighted by molar-refractivity contribution is -0.161. The van der Waals surface area contributed by atoms with Crippen molar-refractivity contribution in [3.05, 3.63) is 134 Å². The highest BCUT2D eigenvalue weighted by molar-refractivity contribution is 7.47. The SMILES string of the molecule is CC/C=C\C/C=C\C/C=C\C/C=C\C/C=C\CC(=O)OCC(COP(=O)(O)OCC(O)COP(=O)(O)OCC(COC(=O)CCCC/C=C\C/C=C\C/C=C\C/C=C\CC)OC(=O)CCCCCCC/C=C\C/C=C\CCC)OC(=O)CCCCCCCCCCCCCCCCC.